The van der Waals surface area contributed by atoms with Gasteiger partial charge >= 0.3 is 0 Å². The van der Waals surface area contributed by atoms with Crippen LogP contribution in [0.1, 0.15) is 25.7 Å². The highest BCUT2D eigenvalue weighted by Gasteiger charge is 2.27. The van der Waals surface area contributed by atoms with Gasteiger partial charge in [0.25, 0.3) is 0 Å². The first-order valence-electron chi connectivity index (χ1n) is 4.54. The largest absolute Gasteiger partial charge is 0.317 e. The summed E-state index contributed by atoms with van der Waals surface area (Å²) in [5.74, 6) is 0.150. The molecule has 1 amide bonds. The van der Waals surface area contributed by atoms with Crippen LogP contribution in [-0.2, 0) is 4.79 Å². The molecule has 0 aliphatic carbocycles. The molecular weight excluding hydrogens is 154 g/mol. The topological polar surface area (TPSA) is 45.0 Å². The molecule has 1 fully saturated rings. The minimum Gasteiger partial charge on any atom is -0.317 e. The Hall–Kier alpha value is -0.930. The van der Waals surface area contributed by atoms with E-state index < -0.39 is 0 Å². The molecule has 2 aliphatic heterocycles. The van der Waals surface area contributed by atoms with Crippen molar-refractivity contribution in [2.24, 2.45) is 10.2 Å². The highest BCUT2D eigenvalue weighted by Crippen LogP contribution is 2.20. The van der Waals surface area contributed by atoms with Gasteiger partial charge in [-0.15, -0.1) is 0 Å². The third kappa shape index (κ3) is 1.33. The van der Waals surface area contributed by atoms with Gasteiger partial charge in [-0.3, -0.25) is 4.79 Å². The third-order valence-electron chi connectivity index (χ3n) is 2.46. The quantitative estimate of drug-likeness (QED) is 0.534. The fourth-order valence-electron chi connectivity index (χ4n) is 1.79. The Morgan fingerprint density at radius 1 is 1.33 bits per heavy atom. The zero-order valence-electron chi connectivity index (χ0n) is 7.07. The van der Waals surface area contributed by atoms with Crippen LogP contribution < -0.4 is 0 Å². The van der Waals surface area contributed by atoms with Gasteiger partial charge in [-0.2, -0.15) is 10.2 Å². The van der Waals surface area contributed by atoms with E-state index in [4.69, 9.17) is 0 Å². The minimum absolute atomic E-state index is 0.0637. The van der Waals surface area contributed by atoms with Crippen molar-refractivity contribution < 1.29 is 4.79 Å². The van der Waals surface area contributed by atoms with E-state index in [-0.39, 0.29) is 18.6 Å². The molecule has 4 nitrogen and oxygen atoms in total. The average molecular weight is 167 g/mol. The molecule has 0 radical (unpaired) electrons. The Morgan fingerprint density at radius 2 is 2.25 bits per heavy atom. The standard InChI is InChI=1S/C8H13N3O/c12-8-6-9-10-7-4-2-1-3-5-11(7)8/h7H,1-6H2. The number of carbonyl (C=O) groups is 1. The molecule has 0 aromatic heterocycles. The van der Waals surface area contributed by atoms with Crippen molar-refractivity contribution in [3.05, 3.63) is 0 Å². The Morgan fingerprint density at radius 3 is 3.17 bits per heavy atom. The zero-order valence-corrected chi connectivity index (χ0v) is 7.07. The van der Waals surface area contributed by atoms with Crippen LogP contribution >= 0.6 is 0 Å². The molecule has 0 aromatic carbocycles. The number of fused-ring (bicyclic) bond motifs is 1. The van der Waals surface area contributed by atoms with Crippen LogP contribution in [0.15, 0.2) is 10.2 Å². The molecule has 2 rings (SSSR count). The summed E-state index contributed by atoms with van der Waals surface area (Å²) < 4.78 is 0. The number of azo groups is 1. The van der Waals surface area contributed by atoms with E-state index in [1.54, 1.807) is 0 Å². The van der Waals surface area contributed by atoms with Crippen molar-refractivity contribution in [2.45, 2.75) is 31.8 Å². The van der Waals surface area contributed by atoms with Gasteiger partial charge in [0.1, 0.15) is 12.7 Å². The number of hydrogen-bond acceptors (Lipinski definition) is 3. The van der Waals surface area contributed by atoms with Crippen molar-refractivity contribution in [3.63, 3.8) is 0 Å². The Labute approximate surface area is 71.7 Å². The molecule has 12 heavy (non-hydrogen) atoms. The summed E-state index contributed by atoms with van der Waals surface area (Å²) in [5, 5.41) is 7.91. The lowest BCUT2D eigenvalue weighted by molar-refractivity contribution is -0.133. The van der Waals surface area contributed by atoms with Crippen molar-refractivity contribution in [1.82, 2.24) is 4.90 Å². The normalized spacial score (nSPS) is 29.8. The lowest BCUT2D eigenvalue weighted by Gasteiger charge is -2.28. The number of hydrogen-bond donors (Lipinski definition) is 0. The van der Waals surface area contributed by atoms with E-state index in [0.29, 0.717) is 0 Å². The van der Waals surface area contributed by atoms with Crippen LogP contribution in [0.3, 0.4) is 0 Å². The average Bonchev–Trinajstić information content (AvgIpc) is 2.30. The minimum atomic E-state index is 0.0637. The van der Waals surface area contributed by atoms with Crippen LogP contribution in [0.25, 0.3) is 0 Å². The molecular formula is C8H13N3O. The molecule has 1 saturated heterocycles. The highest BCUT2D eigenvalue weighted by molar-refractivity contribution is 5.79. The van der Waals surface area contributed by atoms with E-state index in [9.17, 15) is 4.79 Å². The smallest absolute Gasteiger partial charge is 0.247 e. The van der Waals surface area contributed by atoms with E-state index in [2.05, 4.69) is 10.2 Å². The van der Waals surface area contributed by atoms with Crippen molar-refractivity contribution in [1.29, 1.82) is 0 Å². The SMILES string of the molecule is O=C1CN=NC2CCCCCN12. The van der Waals surface area contributed by atoms with Gasteiger partial charge in [0.2, 0.25) is 5.91 Å². The molecule has 0 bridgehead atoms. The van der Waals surface area contributed by atoms with E-state index in [1.165, 1.54) is 12.8 Å². The lowest BCUT2D eigenvalue weighted by Crippen LogP contribution is -2.42. The first-order chi connectivity index (χ1) is 5.88. The van der Waals surface area contributed by atoms with Gasteiger partial charge in [0.15, 0.2) is 0 Å². The number of nitrogens with zero attached hydrogens (tertiary/aromatic N) is 3. The predicted molar refractivity (Wildman–Crippen MR) is 43.7 cm³/mol. The Kier molecular flexibility index (Phi) is 2.06. The molecule has 0 aromatic rings. The summed E-state index contributed by atoms with van der Waals surface area (Å²) >= 11 is 0. The molecule has 0 N–H and O–H groups in total. The van der Waals surface area contributed by atoms with E-state index >= 15 is 0 Å². The molecule has 0 spiro atoms. The van der Waals surface area contributed by atoms with Gasteiger partial charge < -0.3 is 4.90 Å². The third-order valence-corrected chi connectivity index (χ3v) is 2.46. The molecule has 66 valence electrons. The maximum atomic E-state index is 11.4. The molecule has 1 unspecified atom stereocenters. The van der Waals surface area contributed by atoms with Crippen LogP contribution in [0.4, 0.5) is 0 Å². The summed E-state index contributed by atoms with van der Waals surface area (Å²) in [6.45, 7) is 1.14. The van der Waals surface area contributed by atoms with Gasteiger partial charge in [-0.25, -0.2) is 0 Å². The van der Waals surface area contributed by atoms with Crippen LogP contribution in [0.5, 0.6) is 0 Å². The van der Waals surface area contributed by atoms with Gasteiger partial charge in [-0.1, -0.05) is 6.42 Å². The van der Waals surface area contributed by atoms with Gasteiger partial charge in [0, 0.05) is 6.54 Å². The summed E-state index contributed by atoms with van der Waals surface area (Å²) in [6.07, 6.45) is 4.57. The van der Waals surface area contributed by atoms with Crippen LogP contribution in [-0.4, -0.2) is 30.1 Å². The number of rotatable bonds is 0. The van der Waals surface area contributed by atoms with Crippen molar-refractivity contribution >= 4 is 5.91 Å². The second-order valence-corrected chi connectivity index (χ2v) is 3.33. The lowest BCUT2D eigenvalue weighted by atomic mass is 10.2. The van der Waals surface area contributed by atoms with E-state index in [1.807, 2.05) is 4.90 Å². The monoisotopic (exact) mass is 167 g/mol. The summed E-state index contributed by atoms with van der Waals surface area (Å²) in [6, 6.07) is 0. The van der Waals surface area contributed by atoms with E-state index in [0.717, 1.165) is 19.4 Å². The first kappa shape index (κ1) is 7.71. The Balaban J connectivity index is 2.14. The fourth-order valence-corrected chi connectivity index (χ4v) is 1.79. The zero-order chi connectivity index (χ0) is 8.39. The number of amides is 1. The Bertz CT molecular complexity index is 214. The summed E-state index contributed by atoms with van der Waals surface area (Å²) in [7, 11) is 0. The summed E-state index contributed by atoms with van der Waals surface area (Å²) in [5.41, 5.74) is 0. The molecule has 2 aliphatic rings. The molecule has 0 saturated carbocycles. The molecule has 2 heterocycles. The number of carbonyl (C=O) groups excluding carboxylic acids is 1. The van der Waals surface area contributed by atoms with Crippen LogP contribution in [0.2, 0.25) is 0 Å². The maximum absolute atomic E-state index is 11.4. The first-order valence-corrected chi connectivity index (χ1v) is 4.54. The maximum Gasteiger partial charge on any atom is 0.247 e. The molecule has 4 heteroatoms. The highest BCUT2D eigenvalue weighted by atomic mass is 16.2. The van der Waals surface area contributed by atoms with Gasteiger partial charge in [-0.05, 0) is 19.3 Å². The second-order valence-electron chi connectivity index (χ2n) is 3.33. The van der Waals surface area contributed by atoms with Gasteiger partial charge in [0.05, 0.1) is 0 Å². The summed E-state index contributed by atoms with van der Waals surface area (Å²) in [4.78, 5) is 13.2. The van der Waals surface area contributed by atoms with Crippen molar-refractivity contribution in [3.8, 4) is 0 Å². The predicted octanol–water partition coefficient (Wildman–Crippen LogP) is 1.18. The van der Waals surface area contributed by atoms with Crippen molar-refractivity contribution in [2.75, 3.05) is 13.1 Å². The second kappa shape index (κ2) is 3.21. The van der Waals surface area contributed by atoms with Crippen LogP contribution in [0, 0.1) is 0 Å². The fraction of sp³-hybridized carbons (Fsp3) is 0.875. The molecule has 1 atom stereocenters.